The van der Waals surface area contributed by atoms with Gasteiger partial charge in [0.05, 0.1) is 17.9 Å². The Kier molecular flexibility index (Phi) is 25.8. The Bertz CT molecular complexity index is 279. The van der Waals surface area contributed by atoms with E-state index < -0.39 is 36.0 Å². The maximum Gasteiger partial charge on any atom is 3.00 e. The Morgan fingerprint density at radius 3 is 0.818 bits per heavy atom. The fraction of sp³-hybridized carbons (Fsp3) is 0.667. The van der Waals surface area contributed by atoms with Gasteiger partial charge >= 0.3 is 19.5 Å². The van der Waals surface area contributed by atoms with Crippen LogP contribution in [-0.4, -0.2) is 53.3 Å². The molecule has 0 aromatic heterocycles. The second kappa shape index (κ2) is 19.0. The molecule has 0 bridgehead atoms. The fourth-order valence-electron chi connectivity index (χ4n) is 0.204. The molecule has 0 fully saturated rings. The minimum Gasteiger partial charge on any atom is -0.791 e. The Morgan fingerprint density at radius 1 is 0.682 bits per heavy atom. The van der Waals surface area contributed by atoms with Gasteiger partial charge in [-0.2, -0.15) is 17.3 Å². The summed E-state index contributed by atoms with van der Waals surface area (Å²) in [6.07, 6.45) is 0. The van der Waals surface area contributed by atoms with Crippen LogP contribution in [0.1, 0.15) is 0 Å². The van der Waals surface area contributed by atoms with Crippen molar-refractivity contribution in [2.24, 2.45) is 17.2 Å². The van der Waals surface area contributed by atoms with E-state index in [4.69, 9.17) is 17.2 Å². The molecule has 0 aliphatic rings. The predicted octanol–water partition coefficient (Wildman–Crippen LogP) is -7.17. The quantitative estimate of drug-likeness (QED) is 0.250. The zero-order valence-electron chi connectivity index (χ0n) is 11.1. The summed E-state index contributed by atoms with van der Waals surface area (Å²) in [5.41, 5.74) is 14.5. The van der Waals surface area contributed by atoms with Gasteiger partial charge in [-0.3, -0.25) is 0 Å². The zero-order valence-corrected chi connectivity index (χ0v) is 15.2. The van der Waals surface area contributed by atoms with Crippen molar-refractivity contribution < 1.29 is 49.2 Å². The van der Waals surface area contributed by atoms with Gasteiger partial charge in [0.15, 0.2) is 0 Å². The number of hydrogen-bond donors (Lipinski definition) is 3. The van der Waals surface area contributed by atoms with E-state index in [1.165, 1.54) is 0 Å². The average molecular weight is 460 g/mol. The van der Waals surface area contributed by atoms with Gasteiger partial charge in [0.1, 0.15) is 0 Å². The van der Waals surface area contributed by atoms with Crippen LogP contribution in [-0.2, 0) is 71.7 Å². The predicted molar refractivity (Wildman–Crippen MR) is 75.6 cm³/mol. The number of aliphatic carboxylic acids is 3. The van der Waals surface area contributed by atoms with Crippen LogP contribution in [0, 0.1) is 0 Å². The first kappa shape index (κ1) is 29.9. The number of rotatable bonds is 6. The molecule has 22 heavy (non-hydrogen) atoms. The minimum atomic E-state index is -1.28. The molecule has 3 atom stereocenters. The van der Waals surface area contributed by atoms with E-state index in [1.54, 1.807) is 0 Å². The summed E-state index contributed by atoms with van der Waals surface area (Å²) in [5.74, 6) is -3.80. The summed E-state index contributed by atoms with van der Waals surface area (Å²) in [5, 5.41) is 28.9. The van der Waals surface area contributed by atoms with E-state index >= 15 is 0 Å². The van der Waals surface area contributed by atoms with E-state index in [0.717, 1.165) is 0 Å². The summed E-state index contributed by atoms with van der Waals surface area (Å²) in [4.78, 5) is 28.9. The summed E-state index contributed by atoms with van der Waals surface area (Å²) in [6.45, 7) is 0. The van der Waals surface area contributed by atoms with Gasteiger partial charge in [0.25, 0.3) is 0 Å². The van der Waals surface area contributed by atoms with E-state index in [9.17, 15) is 29.7 Å². The second-order valence-electron chi connectivity index (χ2n) is 3.28. The van der Waals surface area contributed by atoms with Gasteiger partial charge in [0, 0.05) is 18.1 Å². The summed E-state index contributed by atoms with van der Waals surface area (Å²) >= 11 is 12.9. The van der Waals surface area contributed by atoms with Crippen molar-refractivity contribution in [2.45, 2.75) is 18.1 Å². The SMILES string of the molecule is N[C@@H](C[S-])C(=O)[O-].N[C@@H](C[S-])C(=O)[O-].N[C@@H](C[S-])C(=O)[O-].[Rh+3]. The van der Waals surface area contributed by atoms with Gasteiger partial charge in [-0.15, -0.1) is 0 Å². The van der Waals surface area contributed by atoms with Crippen LogP contribution in [0.5, 0.6) is 0 Å². The minimum absolute atomic E-state index is 0. The van der Waals surface area contributed by atoms with Crippen LogP contribution < -0.4 is 32.5 Å². The standard InChI is InChI=1S/3C3H7NO2S.Rh/c3*4-2(1-7)3(5)6;/h3*2,7H,1,4H2,(H,5,6);/q;;;+3/p-6/t3*2-;/m000./s1. The molecule has 0 aliphatic heterocycles. The van der Waals surface area contributed by atoms with Gasteiger partial charge in [-0.05, 0) is 0 Å². The number of nitrogens with two attached hydrogens (primary N) is 3. The Labute approximate surface area is 157 Å². The summed E-state index contributed by atoms with van der Waals surface area (Å²) in [7, 11) is 0. The molecular weight excluding hydrogens is 445 g/mol. The van der Waals surface area contributed by atoms with Crippen LogP contribution in [0.4, 0.5) is 0 Å². The molecule has 132 valence electrons. The molecule has 0 radical (unpaired) electrons. The third-order valence-corrected chi connectivity index (χ3v) is 2.52. The molecule has 0 rings (SSSR count). The van der Waals surface area contributed by atoms with E-state index in [0.29, 0.717) is 0 Å². The van der Waals surface area contributed by atoms with Crippen LogP contribution in [0.25, 0.3) is 0 Å². The average Bonchev–Trinajstić information content (AvgIpc) is 2.45. The molecule has 0 unspecified atom stereocenters. The molecule has 0 amide bonds. The van der Waals surface area contributed by atoms with Crippen molar-refractivity contribution in [1.82, 2.24) is 0 Å². The molecule has 0 aromatic rings. The monoisotopic (exact) mass is 460 g/mol. The van der Waals surface area contributed by atoms with Gasteiger partial charge in [-0.25, -0.2) is 0 Å². The number of carbonyl (C=O) groups is 3. The topological polar surface area (TPSA) is 198 Å². The first-order valence-electron chi connectivity index (χ1n) is 5.18. The van der Waals surface area contributed by atoms with Crippen LogP contribution in [0.15, 0.2) is 0 Å². The van der Waals surface area contributed by atoms with Crippen LogP contribution >= 0.6 is 0 Å². The molecule has 0 saturated carbocycles. The van der Waals surface area contributed by atoms with E-state index in [1.807, 2.05) is 0 Å². The summed E-state index contributed by atoms with van der Waals surface area (Å²) in [6, 6.07) is -2.93. The second-order valence-corrected chi connectivity index (χ2v) is 4.28. The molecule has 0 aromatic carbocycles. The molecular formula is C9H15N3O6RhS3-3. The first-order valence-corrected chi connectivity index (χ1v) is 6.91. The maximum absolute atomic E-state index is 9.63. The summed E-state index contributed by atoms with van der Waals surface area (Å²) < 4.78 is 0. The zero-order chi connectivity index (χ0) is 17.6. The number of carbonyl (C=O) groups excluding carboxylic acids is 3. The van der Waals surface area contributed by atoms with E-state index in [-0.39, 0.29) is 36.7 Å². The fourth-order valence-corrected chi connectivity index (χ4v) is 0.612. The van der Waals surface area contributed by atoms with Crippen molar-refractivity contribution in [1.29, 1.82) is 0 Å². The normalized spacial score (nSPS) is 12.8. The molecule has 9 nitrogen and oxygen atoms in total. The van der Waals surface area contributed by atoms with Crippen molar-refractivity contribution in [3.63, 3.8) is 0 Å². The van der Waals surface area contributed by atoms with Gasteiger partial charge < -0.3 is 84.8 Å². The van der Waals surface area contributed by atoms with Crippen LogP contribution in [0.2, 0.25) is 0 Å². The molecule has 0 heterocycles. The smallest absolute Gasteiger partial charge is 0.791 e. The first-order chi connectivity index (χ1) is 9.54. The van der Waals surface area contributed by atoms with Crippen molar-refractivity contribution in [2.75, 3.05) is 17.3 Å². The number of carboxylic acids is 3. The largest absolute Gasteiger partial charge is 3.00 e. The Balaban J connectivity index is -0.000000108. The van der Waals surface area contributed by atoms with Gasteiger partial charge in [0.2, 0.25) is 0 Å². The number of carboxylic acid groups (broad SMARTS) is 3. The van der Waals surface area contributed by atoms with Crippen molar-refractivity contribution in [3.05, 3.63) is 0 Å². The molecule has 0 spiro atoms. The molecule has 0 saturated heterocycles. The van der Waals surface area contributed by atoms with Crippen molar-refractivity contribution in [3.8, 4) is 0 Å². The third kappa shape index (κ3) is 22.2. The molecule has 13 heteroatoms. The maximum atomic E-state index is 9.63. The van der Waals surface area contributed by atoms with E-state index in [2.05, 4.69) is 37.9 Å². The Morgan fingerprint density at radius 2 is 0.818 bits per heavy atom. The van der Waals surface area contributed by atoms with Gasteiger partial charge in [-0.1, -0.05) is 0 Å². The third-order valence-electron chi connectivity index (χ3n) is 1.45. The Hall–Kier alpha value is -0.0366. The molecule has 0 aliphatic carbocycles. The van der Waals surface area contributed by atoms with Crippen LogP contribution in [0.3, 0.4) is 0 Å². The molecule has 6 N–H and O–H groups in total. The van der Waals surface area contributed by atoms with Crippen molar-refractivity contribution >= 4 is 55.8 Å². The number of hydrogen-bond acceptors (Lipinski definition) is 12.